The van der Waals surface area contributed by atoms with E-state index in [1.807, 2.05) is 18.2 Å². The largest absolute Gasteiger partial charge is 2.00 e. The monoisotopic (exact) mass is 176 g/mol. The molecule has 1 rings (SSSR count). The van der Waals surface area contributed by atoms with Crippen molar-refractivity contribution >= 4 is 29.0 Å². The smallest absolute Gasteiger partial charge is 1.00 e. The Morgan fingerprint density at radius 1 is 1.42 bits per heavy atom. The minimum atomic E-state index is -0.256. The van der Waals surface area contributed by atoms with Crippen molar-refractivity contribution in [2.75, 3.05) is 6.61 Å². The van der Waals surface area contributed by atoms with Gasteiger partial charge in [0, 0.05) is 0 Å². The molecule has 3 heteroatoms. The van der Waals surface area contributed by atoms with E-state index in [2.05, 4.69) is 0 Å². The predicted molar refractivity (Wildman–Crippen MR) is 50.4 cm³/mol. The molecule has 2 nitrogen and oxygen atoms in total. The Labute approximate surface area is 91.0 Å². The van der Waals surface area contributed by atoms with Gasteiger partial charge in [-0.05, 0) is 19.1 Å². The van der Waals surface area contributed by atoms with E-state index in [0.717, 1.165) is 0 Å². The Morgan fingerprint density at radius 2 is 2.00 bits per heavy atom. The van der Waals surface area contributed by atoms with E-state index in [4.69, 9.17) is 4.74 Å². The van der Waals surface area contributed by atoms with Gasteiger partial charge in [-0.15, -0.1) is 0 Å². The van der Waals surface area contributed by atoms with E-state index in [0.29, 0.717) is 12.2 Å². The van der Waals surface area contributed by atoms with Crippen molar-refractivity contribution in [1.82, 2.24) is 0 Å². The van der Waals surface area contributed by atoms with E-state index in [9.17, 15) is 4.79 Å². The first-order chi connectivity index (χ1) is 5.34. The molecular formula is C9H12MgO2. The molecule has 0 bridgehead atoms. The third-order valence-corrected chi connectivity index (χ3v) is 1.28. The van der Waals surface area contributed by atoms with Crippen molar-refractivity contribution in [3.8, 4) is 0 Å². The van der Waals surface area contributed by atoms with E-state index < -0.39 is 0 Å². The molecule has 62 valence electrons. The summed E-state index contributed by atoms with van der Waals surface area (Å²) < 4.78 is 4.79. The van der Waals surface area contributed by atoms with Crippen molar-refractivity contribution in [2.45, 2.75) is 6.92 Å². The average molecular weight is 176 g/mol. The number of carbonyl (C=O) groups is 1. The van der Waals surface area contributed by atoms with Crippen LogP contribution in [-0.4, -0.2) is 35.6 Å². The molecular weight excluding hydrogens is 164 g/mol. The number of carbonyl (C=O) groups excluding carboxylic acids is 1. The number of rotatable bonds is 2. The predicted octanol–water partition coefficient (Wildman–Crippen LogP) is 1.71. The first kappa shape index (κ1) is 11.5. The van der Waals surface area contributed by atoms with Crippen LogP contribution in [0.4, 0.5) is 0 Å². The molecule has 0 fully saturated rings. The number of ether oxygens (including phenoxy) is 1. The van der Waals surface area contributed by atoms with Gasteiger partial charge in [0.25, 0.3) is 0 Å². The SMILES string of the molecule is CCOC(=O)c1ccccc1.[H-].[H-].[Mg+2]. The Morgan fingerprint density at radius 3 is 2.50 bits per heavy atom. The van der Waals surface area contributed by atoms with Crippen LogP contribution in [0.1, 0.15) is 20.1 Å². The summed E-state index contributed by atoms with van der Waals surface area (Å²) in [7, 11) is 0. The van der Waals surface area contributed by atoms with Gasteiger partial charge in [-0.3, -0.25) is 0 Å². The van der Waals surface area contributed by atoms with Gasteiger partial charge in [0.1, 0.15) is 0 Å². The molecule has 1 aromatic rings. The molecule has 0 unspecified atom stereocenters. The number of hydrogen-bond acceptors (Lipinski definition) is 2. The molecule has 1 aromatic carbocycles. The zero-order chi connectivity index (χ0) is 8.10. The van der Waals surface area contributed by atoms with Gasteiger partial charge in [-0.25, -0.2) is 4.79 Å². The van der Waals surface area contributed by atoms with Crippen LogP contribution in [0.2, 0.25) is 0 Å². The standard InChI is InChI=1S/C9H10O2.Mg.2H/c1-2-11-9(10)8-6-4-3-5-7-8;;;/h3-7H,2H2,1H3;;;/q;+2;2*-1. The maximum atomic E-state index is 11.0. The van der Waals surface area contributed by atoms with Crippen LogP contribution in [0.5, 0.6) is 0 Å². The third-order valence-electron chi connectivity index (χ3n) is 1.28. The van der Waals surface area contributed by atoms with Crippen LogP contribution in [-0.2, 0) is 4.74 Å². The number of hydrogen-bond donors (Lipinski definition) is 0. The second-order valence-electron chi connectivity index (χ2n) is 2.09. The Hall–Kier alpha value is -0.544. The third kappa shape index (κ3) is 3.24. The Bertz CT molecular complexity index is 242. The molecule has 0 saturated heterocycles. The summed E-state index contributed by atoms with van der Waals surface area (Å²) in [5.41, 5.74) is 0.606. The Kier molecular flexibility index (Phi) is 5.75. The average Bonchev–Trinajstić information content (AvgIpc) is 2.07. The maximum absolute atomic E-state index is 11.0. The molecule has 0 aromatic heterocycles. The fourth-order valence-electron chi connectivity index (χ4n) is 0.789. The van der Waals surface area contributed by atoms with Crippen molar-refractivity contribution in [1.29, 1.82) is 0 Å². The maximum Gasteiger partial charge on any atom is 2.00 e. The van der Waals surface area contributed by atoms with Gasteiger partial charge < -0.3 is 7.59 Å². The molecule has 0 amide bonds. The van der Waals surface area contributed by atoms with Crippen molar-refractivity contribution in [3.05, 3.63) is 35.9 Å². The molecule has 0 radical (unpaired) electrons. The molecule has 0 atom stereocenters. The second kappa shape index (κ2) is 6.03. The summed E-state index contributed by atoms with van der Waals surface area (Å²) in [6.45, 7) is 2.22. The summed E-state index contributed by atoms with van der Waals surface area (Å²) in [5.74, 6) is -0.256. The van der Waals surface area contributed by atoms with E-state index >= 15 is 0 Å². The van der Waals surface area contributed by atoms with Crippen molar-refractivity contribution in [2.24, 2.45) is 0 Å². The minimum absolute atomic E-state index is 0. The number of esters is 1. The van der Waals surface area contributed by atoms with Gasteiger partial charge in [0.15, 0.2) is 0 Å². The normalized spacial score (nSPS) is 8.42. The summed E-state index contributed by atoms with van der Waals surface area (Å²) in [5, 5.41) is 0. The van der Waals surface area contributed by atoms with Crippen LogP contribution in [0.3, 0.4) is 0 Å². The minimum Gasteiger partial charge on any atom is -1.00 e. The molecule has 0 aliphatic heterocycles. The van der Waals surface area contributed by atoms with Crippen LogP contribution in [0.15, 0.2) is 30.3 Å². The van der Waals surface area contributed by atoms with Crippen LogP contribution >= 0.6 is 0 Å². The van der Waals surface area contributed by atoms with E-state index in [-0.39, 0.29) is 31.9 Å². The summed E-state index contributed by atoms with van der Waals surface area (Å²) in [6, 6.07) is 8.96. The molecule has 12 heavy (non-hydrogen) atoms. The molecule has 0 spiro atoms. The van der Waals surface area contributed by atoms with Crippen molar-refractivity contribution in [3.63, 3.8) is 0 Å². The quantitative estimate of drug-likeness (QED) is 0.507. The van der Waals surface area contributed by atoms with Gasteiger partial charge >= 0.3 is 29.0 Å². The van der Waals surface area contributed by atoms with Crippen LogP contribution in [0, 0.1) is 0 Å². The van der Waals surface area contributed by atoms with Gasteiger partial charge in [-0.1, -0.05) is 18.2 Å². The fraction of sp³-hybridized carbons (Fsp3) is 0.222. The van der Waals surface area contributed by atoms with Crippen LogP contribution < -0.4 is 0 Å². The summed E-state index contributed by atoms with van der Waals surface area (Å²) in [6.07, 6.45) is 0. The fourth-order valence-corrected chi connectivity index (χ4v) is 0.789. The molecule has 0 N–H and O–H groups in total. The first-order valence-electron chi connectivity index (χ1n) is 3.56. The van der Waals surface area contributed by atoms with E-state index in [1.54, 1.807) is 19.1 Å². The molecule has 0 saturated carbocycles. The van der Waals surface area contributed by atoms with Gasteiger partial charge in [-0.2, -0.15) is 0 Å². The molecule has 0 aliphatic rings. The number of benzene rings is 1. The molecule has 0 aliphatic carbocycles. The Balaban J connectivity index is -0.000000403. The second-order valence-corrected chi connectivity index (χ2v) is 2.09. The van der Waals surface area contributed by atoms with E-state index in [1.165, 1.54) is 0 Å². The van der Waals surface area contributed by atoms with Crippen LogP contribution in [0.25, 0.3) is 0 Å². The molecule has 0 heterocycles. The zero-order valence-corrected chi connectivity index (χ0v) is 8.53. The first-order valence-corrected chi connectivity index (χ1v) is 3.56. The van der Waals surface area contributed by atoms with Crippen molar-refractivity contribution < 1.29 is 12.4 Å². The summed E-state index contributed by atoms with van der Waals surface area (Å²) >= 11 is 0. The topological polar surface area (TPSA) is 26.3 Å². The summed E-state index contributed by atoms with van der Waals surface area (Å²) in [4.78, 5) is 11.0. The zero-order valence-electron chi connectivity index (χ0n) is 9.12. The van der Waals surface area contributed by atoms with Gasteiger partial charge in [0.05, 0.1) is 12.2 Å². The van der Waals surface area contributed by atoms with Gasteiger partial charge in [0.2, 0.25) is 0 Å².